The van der Waals surface area contributed by atoms with E-state index in [1.807, 2.05) is 24.3 Å². The van der Waals surface area contributed by atoms with Gasteiger partial charge in [-0.1, -0.05) is 37.6 Å². The number of ether oxygens (including phenoxy) is 1. The molecule has 106 valence electrons. The predicted molar refractivity (Wildman–Crippen MR) is 81.7 cm³/mol. The topological polar surface area (TPSA) is 55.5 Å². The summed E-state index contributed by atoms with van der Waals surface area (Å²) in [4.78, 5) is 0. The van der Waals surface area contributed by atoms with Crippen LogP contribution in [-0.4, -0.2) is 11.7 Å². The molecule has 0 aliphatic heterocycles. The van der Waals surface area contributed by atoms with Crippen LogP contribution in [0.4, 0.5) is 5.69 Å². The molecule has 0 radical (unpaired) electrons. The number of nitrogens with two attached hydrogens (primary N) is 1. The summed E-state index contributed by atoms with van der Waals surface area (Å²) in [7, 11) is 0. The van der Waals surface area contributed by atoms with Gasteiger partial charge in [-0.2, -0.15) is 0 Å². The summed E-state index contributed by atoms with van der Waals surface area (Å²) in [5.41, 5.74) is 8.41. The second-order valence-corrected chi connectivity index (χ2v) is 4.89. The number of nitrogen functional groups attached to an aromatic ring is 1. The van der Waals surface area contributed by atoms with Crippen molar-refractivity contribution in [3.63, 3.8) is 0 Å². The lowest BCUT2D eigenvalue weighted by atomic mass is 10.1. The van der Waals surface area contributed by atoms with Crippen LogP contribution in [0.3, 0.4) is 0 Å². The lowest BCUT2D eigenvalue weighted by Gasteiger charge is -2.13. The second-order valence-electron chi connectivity index (χ2n) is 4.89. The summed E-state index contributed by atoms with van der Waals surface area (Å²) in [6, 6.07) is 15.2. The smallest absolute Gasteiger partial charge is 0.119 e. The summed E-state index contributed by atoms with van der Waals surface area (Å²) >= 11 is 0. The zero-order chi connectivity index (χ0) is 14.4. The zero-order valence-corrected chi connectivity index (χ0v) is 11.8. The molecule has 2 aromatic carbocycles. The van der Waals surface area contributed by atoms with Crippen molar-refractivity contribution in [1.82, 2.24) is 0 Å². The molecule has 0 spiro atoms. The van der Waals surface area contributed by atoms with Crippen molar-refractivity contribution >= 4 is 5.69 Å². The van der Waals surface area contributed by atoms with Gasteiger partial charge in [-0.3, -0.25) is 0 Å². The van der Waals surface area contributed by atoms with Crippen molar-refractivity contribution in [2.45, 2.75) is 25.9 Å². The Labute approximate surface area is 120 Å². The van der Waals surface area contributed by atoms with Gasteiger partial charge in [-0.05, 0) is 41.8 Å². The first kappa shape index (κ1) is 14.4. The van der Waals surface area contributed by atoms with E-state index in [0.29, 0.717) is 5.69 Å². The minimum absolute atomic E-state index is 0.219. The lowest BCUT2D eigenvalue weighted by molar-refractivity contribution is 0.108. The van der Waals surface area contributed by atoms with Crippen molar-refractivity contribution in [2.75, 3.05) is 12.3 Å². The van der Waals surface area contributed by atoms with Crippen LogP contribution in [0, 0.1) is 0 Å². The van der Waals surface area contributed by atoms with Crippen LogP contribution in [0.1, 0.15) is 30.6 Å². The molecule has 0 bridgehead atoms. The van der Waals surface area contributed by atoms with E-state index in [9.17, 15) is 5.11 Å². The van der Waals surface area contributed by atoms with Gasteiger partial charge in [-0.15, -0.1) is 0 Å². The molecule has 0 saturated heterocycles. The van der Waals surface area contributed by atoms with Crippen molar-refractivity contribution in [1.29, 1.82) is 0 Å². The molecule has 3 N–H and O–H groups in total. The molecule has 1 unspecified atom stereocenters. The third-order valence-electron chi connectivity index (χ3n) is 3.17. The Morgan fingerprint density at radius 3 is 2.55 bits per heavy atom. The molecule has 0 saturated carbocycles. The van der Waals surface area contributed by atoms with Crippen LogP contribution in [0.15, 0.2) is 48.5 Å². The number of aliphatic hydroxyl groups is 1. The third-order valence-corrected chi connectivity index (χ3v) is 3.17. The number of benzene rings is 2. The number of hydrogen-bond acceptors (Lipinski definition) is 3. The van der Waals surface area contributed by atoms with Crippen LogP contribution < -0.4 is 10.5 Å². The Morgan fingerprint density at radius 2 is 1.90 bits per heavy atom. The molecule has 3 heteroatoms. The molecule has 20 heavy (non-hydrogen) atoms. The number of anilines is 1. The van der Waals surface area contributed by atoms with E-state index in [2.05, 4.69) is 19.1 Å². The fourth-order valence-electron chi connectivity index (χ4n) is 2.08. The highest BCUT2D eigenvalue weighted by Crippen LogP contribution is 2.19. The molecule has 2 aromatic rings. The van der Waals surface area contributed by atoms with E-state index in [1.165, 1.54) is 5.56 Å². The molecule has 0 aliphatic rings. The van der Waals surface area contributed by atoms with Crippen molar-refractivity contribution < 1.29 is 9.84 Å². The van der Waals surface area contributed by atoms with Gasteiger partial charge in [0, 0.05) is 5.69 Å². The molecule has 0 aromatic heterocycles. The molecule has 0 fully saturated rings. The molecule has 0 aliphatic carbocycles. The van der Waals surface area contributed by atoms with Gasteiger partial charge in [0.2, 0.25) is 0 Å². The quantitative estimate of drug-likeness (QED) is 0.792. The maximum Gasteiger partial charge on any atom is 0.119 e. The molecular weight excluding hydrogens is 250 g/mol. The van der Waals surface area contributed by atoms with Crippen LogP contribution >= 0.6 is 0 Å². The van der Waals surface area contributed by atoms with Crippen molar-refractivity contribution in [3.8, 4) is 5.75 Å². The van der Waals surface area contributed by atoms with E-state index in [1.54, 1.807) is 12.1 Å². The first-order valence-electron chi connectivity index (χ1n) is 6.94. The van der Waals surface area contributed by atoms with Gasteiger partial charge in [0.15, 0.2) is 0 Å². The molecule has 2 rings (SSSR count). The van der Waals surface area contributed by atoms with Crippen LogP contribution in [0.25, 0.3) is 0 Å². The molecular formula is C17H21NO2. The third kappa shape index (κ3) is 4.00. The SMILES string of the molecule is CCCc1ccc(OCC(O)c2cccc(N)c2)cc1. The minimum atomic E-state index is -0.672. The largest absolute Gasteiger partial charge is 0.491 e. The first-order valence-corrected chi connectivity index (χ1v) is 6.94. The van der Waals surface area contributed by atoms with E-state index >= 15 is 0 Å². The Morgan fingerprint density at radius 1 is 1.15 bits per heavy atom. The van der Waals surface area contributed by atoms with Gasteiger partial charge < -0.3 is 15.6 Å². The number of hydrogen-bond donors (Lipinski definition) is 2. The molecule has 0 amide bonds. The van der Waals surface area contributed by atoms with Gasteiger partial charge in [-0.25, -0.2) is 0 Å². The summed E-state index contributed by atoms with van der Waals surface area (Å²) in [6.45, 7) is 2.38. The van der Waals surface area contributed by atoms with E-state index in [-0.39, 0.29) is 6.61 Å². The average Bonchev–Trinajstić information content (AvgIpc) is 2.46. The maximum atomic E-state index is 10.1. The summed E-state index contributed by atoms with van der Waals surface area (Å²) < 4.78 is 5.60. The summed E-state index contributed by atoms with van der Waals surface area (Å²) in [6.07, 6.45) is 1.54. The fourth-order valence-corrected chi connectivity index (χ4v) is 2.08. The second kappa shape index (κ2) is 6.96. The highest BCUT2D eigenvalue weighted by Gasteiger charge is 2.08. The molecule has 0 heterocycles. The number of aliphatic hydroxyl groups excluding tert-OH is 1. The maximum absolute atomic E-state index is 10.1. The number of rotatable bonds is 6. The van der Waals surface area contributed by atoms with Crippen molar-refractivity contribution in [3.05, 3.63) is 59.7 Å². The molecule has 3 nitrogen and oxygen atoms in total. The monoisotopic (exact) mass is 271 g/mol. The summed E-state index contributed by atoms with van der Waals surface area (Å²) in [5.74, 6) is 0.771. The highest BCUT2D eigenvalue weighted by molar-refractivity contribution is 5.41. The number of aryl methyl sites for hydroxylation is 1. The van der Waals surface area contributed by atoms with Gasteiger partial charge in [0.1, 0.15) is 18.5 Å². The van der Waals surface area contributed by atoms with Crippen LogP contribution in [0.2, 0.25) is 0 Å². The van der Waals surface area contributed by atoms with Crippen LogP contribution in [0.5, 0.6) is 5.75 Å². The van der Waals surface area contributed by atoms with Crippen LogP contribution in [-0.2, 0) is 6.42 Å². The standard InChI is InChI=1S/C17H21NO2/c1-2-4-13-7-9-16(10-8-13)20-12-17(19)14-5-3-6-15(18)11-14/h3,5-11,17,19H,2,4,12,18H2,1H3. The van der Waals surface area contributed by atoms with Gasteiger partial charge in [0.25, 0.3) is 0 Å². The highest BCUT2D eigenvalue weighted by atomic mass is 16.5. The summed E-state index contributed by atoms with van der Waals surface area (Å²) in [5, 5.41) is 10.1. The van der Waals surface area contributed by atoms with E-state index < -0.39 is 6.10 Å². The minimum Gasteiger partial charge on any atom is -0.491 e. The zero-order valence-electron chi connectivity index (χ0n) is 11.8. The Balaban J connectivity index is 1.91. The molecule has 1 atom stereocenters. The van der Waals surface area contributed by atoms with E-state index in [0.717, 1.165) is 24.2 Å². The first-order chi connectivity index (χ1) is 9.69. The predicted octanol–water partition coefficient (Wildman–Crippen LogP) is 3.33. The lowest BCUT2D eigenvalue weighted by Crippen LogP contribution is -2.10. The Kier molecular flexibility index (Phi) is 5.02. The normalized spacial score (nSPS) is 12.1. The van der Waals surface area contributed by atoms with Gasteiger partial charge >= 0.3 is 0 Å². The van der Waals surface area contributed by atoms with E-state index in [4.69, 9.17) is 10.5 Å². The van der Waals surface area contributed by atoms with Crippen molar-refractivity contribution in [2.24, 2.45) is 0 Å². The Bertz CT molecular complexity index is 537. The Hall–Kier alpha value is -2.00. The average molecular weight is 271 g/mol. The van der Waals surface area contributed by atoms with Gasteiger partial charge in [0.05, 0.1) is 0 Å². The fraction of sp³-hybridized carbons (Fsp3) is 0.294.